The zero-order valence-electron chi connectivity index (χ0n) is 17.6. The number of hydrogen-bond donors (Lipinski definition) is 0. The fraction of sp³-hybridized carbons (Fsp3) is 0.0800. The molecule has 0 spiro atoms. The van der Waals surface area contributed by atoms with Crippen molar-refractivity contribution in [2.24, 2.45) is 0 Å². The van der Waals surface area contributed by atoms with Gasteiger partial charge in [0.05, 0.1) is 0 Å². The van der Waals surface area contributed by atoms with Crippen molar-refractivity contribution in [1.29, 1.82) is 0 Å². The second-order valence-corrected chi connectivity index (χ2v) is 13.3. The molecular weight excluding hydrogens is 537 g/mol. The fourth-order valence-electron chi connectivity index (χ4n) is 3.04. The summed E-state index contributed by atoms with van der Waals surface area (Å²) in [5.74, 6) is 0.634. The predicted molar refractivity (Wildman–Crippen MR) is 134 cm³/mol. The van der Waals surface area contributed by atoms with Crippen LogP contribution in [0.25, 0.3) is 11.3 Å². The molecule has 164 valence electrons. The van der Waals surface area contributed by atoms with Crippen molar-refractivity contribution >= 4 is 30.4 Å². The maximum atomic E-state index is 13.3. The summed E-state index contributed by atoms with van der Waals surface area (Å²) in [6, 6.07) is 27.5. The van der Waals surface area contributed by atoms with E-state index in [0.29, 0.717) is 5.75 Å². The number of pyridine rings is 1. The molecule has 0 saturated carbocycles. The van der Waals surface area contributed by atoms with Gasteiger partial charge in [-0.1, -0.05) is 0 Å². The van der Waals surface area contributed by atoms with Gasteiger partial charge in [0.15, 0.2) is 0 Å². The normalized spacial score (nSPS) is 11.8. The monoisotopic (exact) mass is 559 g/mol. The van der Waals surface area contributed by atoms with Crippen LogP contribution in [0.15, 0.2) is 102 Å². The van der Waals surface area contributed by atoms with E-state index in [1.54, 1.807) is 37.6 Å². The Hall–Kier alpha value is -2.75. The summed E-state index contributed by atoms with van der Waals surface area (Å²) in [7, 11) is -2.39. The van der Waals surface area contributed by atoms with Crippen molar-refractivity contribution in [3.63, 3.8) is 0 Å². The SMILES string of the molecule is COc1ccc(-c2ccccn2)c(I(OS(=O)(=O)c2ccc(C)cc2)c2ccccc2)c1. The van der Waals surface area contributed by atoms with Gasteiger partial charge in [-0.2, -0.15) is 0 Å². The van der Waals surface area contributed by atoms with Crippen molar-refractivity contribution in [3.05, 3.63) is 110 Å². The Bertz CT molecular complexity index is 1300. The van der Waals surface area contributed by atoms with Crippen molar-refractivity contribution in [2.75, 3.05) is 7.11 Å². The molecule has 3 aromatic carbocycles. The van der Waals surface area contributed by atoms with Crippen LogP contribution >= 0.6 is 20.2 Å². The molecule has 0 bridgehead atoms. The summed E-state index contributed by atoms with van der Waals surface area (Å²) in [6.07, 6.45) is 1.72. The molecule has 1 heterocycles. The number of methoxy groups -OCH3 is 1. The van der Waals surface area contributed by atoms with Gasteiger partial charge in [0.1, 0.15) is 0 Å². The van der Waals surface area contributed by atoms with Crippen LogP contribution in [-0.2, 0) is 12.6 Å². The first-order valence-corrected chi connectivity index (χ1v) is 14.3. The van der Waals surface area contributed by atoms with E-state index in [1.807, 2.05) is 73.7 Å². The summed E-state index contributed by atoms with van der Waals surface area (Å²) in [5.41, 5.74) is 2.56. The van der Waals surface area contributed by atoms with Crippen LogP contribution in [0.5, 0.6) is 5.75 Å². The van der Waals surface area contributed by atoms with E-state index in [-0.39, 0.29) is 4.90 Å². The van der Waals surface area contributed by atoms with E-state index in [2.05, 4.69) is 4.98 Å². The van der Waals surface area contributed by atoms with Gasteiger partial charge in [-0.3, -0.25) is 0 Å². The summed E-state index contributed by atoms with van der Waals surface area (Å²) in [4.78, 5) is 4.63. The molecule has 4 aromatic rings. The summed E-state index contributed by atoms with van der Waals surface area (Å²) in [5, 5.41) is 0. The van der Waals surface area contributed by atoms with Gasteiger partial charge in [0.25, 0.3) is 0 Å². The van der Waals surface area contributed by atoms with Gasteiger partial charge in [0, 0.05) is 0 Å². The number of aryl methyl sites for hydroxylation is 1. The standard InChI is InChI=1S/C25H22INO4S/c1-19-11-14-22(15-12-19)32(28,29)31-26(20-8-4-3-5-9-20)24-18-21(30-2)13-16-23(24)25-10-6-7-17-27-25/h3-18H,1-2H3. The quantitative estimate of drug-likeness (QED) is 0.263. The van der Waals surface area contributed by atoms with E-state index in [4.69, 9.17) is 7.25 Å². The van der Waals surface area contributed by atoms with Crippen LogP contribution in [0, 0.1) is 14.1 Å². The van der Waals surface area contributed by atoms with E-state index in [1.165, 1.54) is 0 Å². The molecule has 0 N–H and O–H groups in total. The predicted octanol–water partition coefficient (Wildman–Crippen LogP) is 5.93. The van der Waals surface area contributed by atoms with Gasteiger partial charge < -0.3 is 0 Å². The Kier molecular flexibility index (Phi) is 6.88. The van der Waals surface area contributed by atoms with Gasteiger partial charge in [-0.15, -0.1) is 0 Å². The van der Waals surface area contributed by atoms with E-state index in [9.17, 15) is 8.42 Å². The second-order valence-electron chi connectivity index (χ2n) is 6.94. The maximum absolute atomic E-state index is 13.3. The van der Waals surface area contributed by atoms with E-state index < -0.39 is 30.4 Å². The number of aromatic nitrogens is 1. The summed E-state index contributed by atoms with van der Waals surface area (Å²) < 4.78 is 39.7. The number of nitrogens with zero attached hydrogens (tertiary/aromatic N) is 1. The number of benzene rings is 3. The molecule has 0 radical (unpaired) electrons. The first-order valence-electron chi connectivity index (χ1n) is 9.84. The minimum absolute atomic E-state index is 0.142. The molecule has 0 saturated heterocycles. The van der Waals surface area contributed by atoms with Crippen molar-refractivity contribution in [3.8, 4) is 17.0 Å². The molecule has 32 heavy (non-hydrogen) atoms. The van der Waals surface area contributed by atoms with E-state index in [0.717, 1.165) is 24.0 Å². The van der Waals surface area contributed by atoms with Gasteiger partial charge in [-0.25, -0.2) is 0 Å². The third kappa shape index (κ3) is 5.01. The zero-order chi connectivity index (χ0) is 22.6. The average molecular weight is 559 g/mol. The van der Waals surface area contributed by atoms with Gasteiger partial charge in [-0.05, 0) is 0 Å². The number of ether oxygens (including phenoxy) is 1. The summed E-state index contributed by atoms with van der Waals surface area (Å²) in [6.45, 7) is 1.91. The Morgan fingerprint density at radius 3 is 2.22 bits per heavy atom. The van der Waals surface area contributed by atoms with E-state index >= 15 is 0 Å². The first-order chi connectivity index (χ1) is 15.5. The molecule has 5 nitrogen and oxygen atoms in total. The molecule has 0 aliphatic rings. The Morgan fingerprint density at radius 1 is 0.844 bits per heavy atom. The molecule has 0 amide bonds. The molecular formula is C25H22INO4S. The second kappa shape index (κ2) is 9.81. The molecule has 7 heteroatoms. The van der Waals surface area contributed by atoms with Crippen molar-refractivity contribution < 1.29 is 15.7 Å². The Morgan fingerprint density at radius 2 is 1.56 bits per heavy atom. The minimum atomic E-state index is -3.98. The molecule has 0 aliphatic carbocycles. The first kappa shape index (κ1) is 22.4. The summed E-state index contributed by atoms with van der Waals surface area (Å²) >= 11 is -2.95. The Labute approximate surface area is 196 Å². The number of rotatable bonds is 7. The van der Waals surface area contributed by atoms with Crippen LogP contribution in [0.3, 0.4) is 0 Å². The number of halogens is 1. The fourth-order valence-corrected chi connectivity index (χ4v) is 10.4. The van der Waals surface area contributed by atoms with Gasteiger partial charge in [0.2, 0.25) is 0 Å². The van der Waals surface area contributed by atoms with Crippen molar-refractivity contribution in [2.45, 2.75) is 11.8 Å². The number of hydrogen-bond acceptors (Lipinski definition) is 5. The molecule has 0 aliphatic heterocycles. The van der Waals surface area contributed by atoms with Crippen LogP contribution < -0.4 is 4.74 Å². The molecule has 1 aromatic heterocycles. The van der Waals surface area contributed by atoms with Crippen LogP contribution in [0.1, 0.15) is 5.56 Å². The van der Waals surface area contributed by atoms with Crippen LogP contribution in [0.4, 0.5) is 0 Å². The van der Waals surface area contributed by atoms with Crippen LogP contribution in [0.2, 0.25) is 0 Å². The topological polar surface area (TPSA) is 65.5 Å². The van der Waals surface area contributed by atoms with Gasteiger partial charge >= 0.3 is 197 Å². The zero-order valence-corrected chi connectivity index (χ0v) is 20.6. The van der Waals surface area contributed by atoms with Crippen LogP contribution in [-0.4, -0.2) is 20.5 Å². The Balaban J connectivity index is 1.88. The molecule has 0 unspecified atom stereocenters. The molecule has 4 rings (SSSR count). The van der Waals surface area contributed by atoms with Crippen molar-refractivity contribution in [1.82, 2.24) is 4.98 Å². The third-order valence-electron chi connectivity index (χ3n) is 4.69. The molecule has 0 atom stereocenters. The average Bonchev–Trinajstić information content (AvgIpc) is 2.83. The molecule has 0 fully saturated rings. The third-order valence-corrected chi connectivity index (χ3v) is 12.1.